The van der Waals surface area contributed by atoms with Crippen LogP contribution in [0.3, 0.4) is 0 Å². The molecule has 1 aromatic rings. The van der Waals surface area contributed by atoms with Crippen LogP contribution in [0.15, 0.2) is 5.38 Å². The van der Waals surface area contributed by atoms with E-state index in [1.807, 2.05) is 4.90 Å². The van der Waals surface area contributed by atoms with Gasteiger partial charge in [0, 0.05) is 17.8 Å². The number of carbonyl (C=O) groups excluding carboxylic acids is 1. The second-order valence-electron chi connectivity index (χ2n) is 5.87. The summed E-state index contributed by atoms with van der Waals surface area (Å²) in [6.45, 7) is 4.12. The number of aromatic nitrogens is 1. The van der Waals surface area contributed by atoms with Gasteiger partial charge in [-0.15, -0.1) is 11.3 Å². The lowest BCUT2D eigenvalue weighted by molar-refractivity contribution is -0.119. The summed E-state index contributed by atoms with van der Waals surface area (Å²) in [5.41, 5.74) is 1.10. The van der Waals surface area contributed by atoms with Gasteiger partial charge in [0.05, 0.1) is 5.69 Å². The number of piperidine rings is 1. The summed E-state index contributed by atoms with van der Waals surface area (Å²) in [4.78, 5) is 19.3. The summed E-state index contributed by atoms with van der Waals surface area (Å²) in [6, 6.07) is 0.332. The van der Waals surface area contributed by atoms with Gasteiger partial charge in [-0.3, -0.25) is 9.69 Å². The number of rotatable bonds is 5. The fourth-order valence-electron chi connectivity index (χ4n) is 2.77. The van der Waals surface area contributed by atoms with Crippen LogP contribution in [0.4, 0.5) is 5.13 Å². The molecule has 0 radical (unpaired) electrons. The van der Waals surface area contributed by atoms with Gasteiger partial charge in [-0.05, 0) is 51.1 Å². The van der Waals surface area contributed by atoms with E-state index in [0.717, 1.165) is 43.2 Å². The quantitative estimate of drug-likeness (QED) is 0.907. The minimum Gasteiger partial charge on any atom is -0.317 e. The Kier molecular flexibility index (Phi) is 4.36. The third-order valence-corrected chi connectivity index (χ3v) is 5.10. The zero-order chi connectivity index (χ0) is 13.9. The molecule has 110 valence electrons. The Labute approximate surface area is 124 Å². The molecule has 0 unspecified atom stereocenters. The molecule has 1 aliphatic heterocycles. The highest BCUT2D eigenvalue weighted by Gasteiger charge is 2.33. The second kappa shape index (κ2) is 6.22. The first-order chi connectivity index (χ1) is 9.78. The van der Waals surface area contributed by atoms with Crippen molar-refractivity contribution in [1.82, 2.24) is 10.3 Å². The lowest BCUT2D eigenvalue weighted by Gasteiger charge is -2.33. The Bertz CT molecular complexity index is 463. The number of thiazole rings is 1. The highest BCUT2D eigenvalue weighted by atomic mass is 32.1. The number of carbonyl (C=O) groups is 1. The zero-order valence-corrected chi connectivity index (χ0v) is 12.9. The molecule has 2 fully saturated rings. The van der Waals surface area contributed by atoms with Gasteiger partial charge in [-0.1, -0.05) is 6.92 Å². The Morgan fingerprint density at radius 2 is 2.15 bits per heavy atom. The smallest absolute Gasteiger partial charge is 0.229 e. The first-order valence-corrected chi connectivity index (χ1v) is 8.63. The molecule has 1 aliphatic carbocycles. The molecule has 4 nitrogen and oxygen atoms in total. The monoisotopic (exact) mass is 293 g/mol. The minimum atomic E-state index is 0.288. The third kappa shape index (κ3) is 3.20. The van der Waals surface area contributed by atoms with Crippen LogP contribution in [0.5, 0.6) is 0 Å². The van der Waals surface area contributed by atoms with Crippen molar-refractivity contribution in [3.05, 3.63) is 11.1 Å². The first-order valence-electron chi connectivity index (χ1n) is 7.75. The van der Waals surface area contributed by atoms with Gasteiger partial charge >= 0.3 is 0 Å². The van der Waals surface area contributed by atoms with E-state index >= 15 is 0 Å². The number of hydrogen-bond donors (Lipinski definition) is 1. The summed E-state index contributed by atoms with van der Waals surface area (Å²) < 4.78 is 0. The summed E-state index contributed by atoms with van der Waals surface area (Å²) in [5, 5.41) is 6.38. The molecule has 0 spiro atoms. The number of hydrogen-bond acceptors (Lipinski definition) is 4. The van der Waals surface area contributed by atoms with Gasteiger partial charge in [0.25, 0.3) is 0 Å². The van der Waals surface area contributed by atoms with Crippen molar-refractivity contribution in [3.63, 3.8) is 0 Å². The van der Waals surface area contributed by atoms with Gasteiger partial charge in [0.15, 0.2) is 5.13 Å². The van der Waals surface area contributed by atoms with E-state index in [0.29, 0.717) is 18.4 Å². The Morgan fingerprint density at radius 3 is 2.75 bits per heavy atom. The number of nitrogens with zero attached hydrogens (tertiary/aromatic N) is 2. The van der Waals surface area contributed by atoms with Crippen molar-refractivity contribution in [2.45, 2.75) is 51.5 Å². The van der Waals surface area contributed by atoms with Crippen molar-refractivity contribution in [3.8, 4) is 0 Å². The average molecular weight is 293 g/mol. The lowest BCUT2D eigenvalue weighted by Crippen LogP contribution is -2.46. The maximum Gasteiger partial charge on any atom is 0.229 e. The van der Waals surface area contributed by atoms with Crippen LogP contribution in [0.1, 0.15) is 44.7 Å². The number of anilines is 1. The molecule has 1 saturated carbocycles. The molecule has 1 N–H and O–H groups in total. The summed E-state index contributed by atoms with van der Waals surface area (Å²) in [5.74, 6) is 0.925. The first kappa shape index (κ1) is 14.0. The Balaban J connectivity index is 1.78. The topological polar surface area (TPSA) is 45.2 Å². The highest BCUT2D eigenvalue weighted by Crippen LogP contribution is 2.35. The van der Waals surface area contributed by atoms with Crippen molar-refractivity contribution in [1.29, 1.82) is 0 Å². The third-order valence-electron chi connectivity index (χ3n) is 4.21. The number of nitrogens with one attached hydrogen (secondary N) is 1. The van der Waals surface area contributed by atoms with Crippen LogP contribution in [-0.2, 0) is 11.2 Å². The maximum atomic E-state index is 12.7. The van der Waals surface area contributed by atoms with E-state index in [1.165, 1.54) is 12.8 Å². The predicted octanol–water partition coefficient (Wildman–Crippen LogP) is 2.59. The van der Waals surface area contributed by atoms with E-state index < -0.39 is 0 Å². The van der Waals surface area contributed by atoms with Crippen LogP contribution in [0, 0.1) is 5.92 Å². The molecule has 2 heterocycles. The summed E-state index contributed by atoms with van der Waals surface area (Å²) in [6.07, 6.45) is 6.18. The maximum absolute atomic E-state index is 12.7. The van der Waals surface area contributed by atoms with Crippen molar-refractivity contribution < 1.29 is 4.79 Å². The van der Waals surface area contributed by atoms with Gasteiger partial charge < -0.3 is 5.32 Å². The standard InChI is InChI=1S/C15H23N3OS/c1-2-12-10-20-15(17-12)18(13-5-7-16-8-6-13)14(19)9-11-3-4-11/h10-11,13,16H,2-9H2,1H3. The average Bonchev–Trinajstić information content (AvgIpc) is 3.16. The van der Waals surface area contributed by atoms with E-state index in [9.17, 15) is 4.79 Å². The fraction of sp³-hybridized carbons (Fsp3) is 0.733. The van der Waals surface area contributed by atoms with E-state index in [-0.39, 0.29) is 5.91 Å². The molecule has 3 rings (SSSR count). The Morgan fingerprint density at radius 1 is 1.40 bits per heavy atom. The molecular weight excluding hydrogens is 270 g/mol. The van der Waals surface area contributed by atoms with Crippen molar-refractivity contribution in [2.75, 3.05) is 18.0 Å². The van der Waals surface area contributed by atoms with Crippen molar-refractivity contribution in [2.24, 2.45) is 5.92 Å². The predicted molar refractivity (Wildman–Crippen MR) is 82.2 cm³/mol. The van der Waals surface area contributed by atoms with Crippen LogP contribution < -0.4 is 10.2 Å². The second-order valence-corrected chi connectivity index (χ2v) is 6.70. The molecule has 1 aromatic heterocycles. The van der Waals surface area contributed by atoms with Gasteiger partial charge in [0.1, 0.15) is 0 Å². The molecule has 20 heavy (non-hydrogen) atoms. The Hall–Kier alpha value is -0.940. The number of amides is 1. The van der Waals surface area contributed by atoms with Gasteiger partial charge in [-0.2, -0.15) is 0 Å². The summed E-state index contributed by atoms with van der Waals surface area (Å²) >= 11 is 1.63. The summed E-state index contributed by atoms with van der Waals surface area (Å²) in [7, 11) is 0. The van der Waals surface area contributed by atoms with Gasteiger partial charge in [0.2, 0.25) is 5.91 Å². The molecule has 0 bridgehead atoms. The van der Waals surface area contributed by atoms with Crippen LogP contribution in [0.2, 0.25) is 0 Å². The minimum absolute atomic E-state index is 0.288. The molecule has 1 amide bonds. The van der Waals surface area contributed by atoms with E-state index in [2.05, 4.69) is 22.6 Å². The molecular formula is C15H23N3OS. The van der Waals surface area contributed by atoms with E-state index in [4.69, 9.17) is 0 Å². The highest BCUT2D eigenvalue weighted by molar-refractivity contribution is 7.14. The largest absolute Gasteiger partial charge is 0.317 e. The number of aryl methyl sites for hydroxylation is 1. The molecule has 1 saturated heterocycles. The van der Waals surface area contributed by atoms with Gasteiger partial charge in [-0.25, -0.2) is 4.98 Å². The lowest BCUT2D eigenvalue weighted by atomic mass is 10.0. The van der Waals surface area contributed by atoms with Crippen molar-refractivity contribution >= 4 is 22.4 Å². The van der Waals surface area contributed by atoms with Crippen LogP contribution in [-0.4, -0.2) is 30.0 Å². The van der Waals surface area contributed by atoms with Crippen LogP contribution >= 0.6 is 11.3 Å². The molecule has 0 aromatic carbocycles. The molecule has 0 atom stereocenters. The normalized spacial score (nSPS) is 20.1. The molecule has 5 heteroatoms. The fourth-order valence-corrected chi connectivity index (χ4v) is 3.76. The molecule has 2 aliphatic rings. The van der Waals surface area contributed by atoms with E-state index in [1.54, 1.807) is 11.3 Å². The van der Waals surface area contributed by atoms with Crippen LogP contribution in [0.25, 0.3) is 0 Å². The zero-order valence-electron chi connectivity index (χ0n) is 12.1. The SMILES string of the molecule is CCc1csc(N(C(=O)CC2CC2)C2CCNCC2)n1.